The number of nitrogens with two attached hydrogens (primary N) is 1. The molecule has 2 rings (SSSR count). The Labute approximate surface area is 112 Å². The summed E-state index contributed by atoms with van der Waals surface area (Å²) in [6, 6.07) is 7.79. The smallest absolute Gasteiger partial charge is 0.184 e. The van der Waals surface area contributed by atoms with Crippen molar-refractivity contribution in [2.75, 3.05) is 11.1 Å². The van der Waals surface area contributed by atoms with Gasteiger partial charge in [-0.15, -0.1) is 0 Å². The van der Waals surface area contributed by atoms with Crippen LogP contribution in [0.3, 0.4) is 0 Å². The maximum absolute atomic E-state index is 13.6. The van der Waals surface area contributed by atoms with Crippen molar-refractivity contribution < 1.29 is 8.78 Å². The number of halogens is 3. The maximum atomic E-state index is 13.6. The van der Waals surface area contributed by atoms with Crippen molar-refractivity contribution in [2.24, 2.45) is 0 Å². The van der Waals surface area contributed by atoms with Crippen LogP contribution in [0.4, 0.5) is 25.8 Å². The van der Waals surface area contributed by atoms with Gasteiger partial charge in [0, 0.05) is 4.47 Å². The molecular formula is C13H11BrF2N2. The summed E-state index contributed by atoms with van der Waals surface area (Å²) in [4.78, 5) is 0. The van der Waals surface area contributed by atoms with Gasteiger partial charge in [0.1, 0.15) is 5.69 Å². The normalized spacial score (nSPS) is 10.4. The van der Waals surface area contributed by atoms with Crippen LogP contribution in [0.1, 0.15) is 5.56 Å². The number of anilines is 3. The number of hydrogen-bond donors (Lipinski definition) is 2. The largest absolute Gasteiger partial charge is 0.397 e. The van der Waals surface area contributed by atoms with Crippen LogP contribution >= 0.6 is 15.9 Å². The molecule has 0 spiro atoms. The molecule has 0 heterocycles. The topological polar surface area (TPSA) is 38.0 Å². The third-order valence-electron chi connectivity index (χ3n) is 2.58. The summed E-state index contributed by atoms with van der Waals surface area (Å²) in [6.45, 7) is 1.90. The van der Waals surface area contributed by atoms with Crippen molar-refractivity contribution in [3.8, 4) is 0 Å². The predicted octanol–water partition coefficient (Wildman–Crippen LogP) is 4.36. The minimum Gasteiger partial charge on any atom is -0.397 e. The second-order valence-electron chi connectivity index (χ2n) is 3.89. The second kappa shape index (κ2) is 4.94. The van der Waals surface area contributed by atoms with Gasteiger partial charge >= 0.3 is 0 Å². The summed E-state index contributed by atoms with van der Waals surface area (Å²) in [5, 5.41) is 2.80. The Morgan fingerprint density at radius 3 is 2.61 bits per heavy atom. The average Bonchev–Trinajstić information content (AvgIpc) is 2.35. The van der Waals surface area contributed by atoms with E-state index in [-0.39, 0.29) is 11.4 Å². The van der Waals surface area contributed by atoms with Gasteiger partial charge in [-0.2, -0.15) is 0 Å². The lowest BCUT2D eigenvalue weighted by molar-refractivity contribution is 0.512. The molecule has 5 heteroatoms. The first kappa shape index (κ1) is 12.8. The molecule has 0 unspecified atom stereocenters. The molecule has 2 nitrogen and oxygen atoms in total. The number of nitrogen functional groups attached to an aromatic ring is 1. The number of rotatable bonds is 2. The van der Waals surface area contributed by atoms with Crippen LogP contribution < -0.4 is 11.1 Å². The van der Waals surface area contributed by atoms with Crippen LogP contribution in [0.2, 0.25) is 0 Å². The molecule has 0 aliphatic rings. The molecule has 18 heavy (non-hydrogen) atoms. The highest BCUT2D eigenvalue weighted by Crippen LogP contribution is 2.33. The van der Waals surface area contributed by atoms with Crippen molar-refractivity contribution in [2.45, 2.75) is 6.92 Å². The summed E-state index contributed by atoms with van der Waals surface area (Å²) >= 11 is 3.39. The van der Waals surface area contributed by atoms with Crippen molar-refractivity contribution in [1.29, 1.82) is 0 Å². The quantitative estimate of drug-likeness (QED) is 0.808. The minimum atomic E-state index is -0.983. The Bertz CT molecular complexity index is 600. The van der Waals surface area contributed by atoms with Gasteiger partial charge in [-0.25, -0.2) is 8.78 Å². The molecule has 2 aromatic rings. The zero-order valence-corrected chi connectivity index (χ0v) is 11.2. The highest BCUT2D eigenvalue weighted by molar-refractivity contribution is 9.10. The first-order chi connectivity index (χ1) is 8.50. The average molecular weight is 313 g/mol. The van der Waals surface area contributed by atoms with Gasteiger partial charge in [-0.3, -0.25) is 0 Å². The van der Waals surface area contributed by atoms with E-state index in [1.807, 2.05) is 19.1 Å². The summed E-state index contributed by atoms with van der Waals surface area (Å²) in [5.41, 5.74) is 7.35. The molecule has 0 saturated carbocycles. The Hall–Kier alpha value is -1.62. The van der Waals surface area contributed by atoms with E-state index in [1.165, 1.54) is 6.07 Å². The highest BCUT2D eigenvalue weighted by Gasteiger charge is 2.13. The number of aryl methyl sites for hydroxylation is 1. The van der Waals surface area contributed by atoms with Crippen LogP contribution in [0, 0.1) is 18.6 Å². The third-order valence-corrected chi connectivity index (χ3v) is 3.63. The van der Waals surface area contributed by atoms with Gasteiger partial charge in [0.15, 0.2) is 11.6 Å². The summed E-state index contributed by atoms with van der Waals surface area (Å²) in [6.07, 6.45) is 0. The molecule has 0 saturated heterocycles. The van der Waals surface area contributed by atoms with Gasteiger partial charge in [0.25, 0.3) is 0 Å². The molecule has 0 atom stereocenters. The Morgan fingerprint density at radius 1 is 1.17 bits per heavy atom. The molecule has 0 aromatic heterocycles. The molecule has 0 aliphatic carbocycles. The lowest BCUT2D eigenvalue weighted by atomic mass is 10.2. The Balaban J connectivity index is 2.46. The van der Waals surface area contributed by atoms with Crippen molar-refractivity contribution in [3.63, 3.8) is 0 Å². The van der Waals surface area contributed by atoms with E-state index in [2.05, 4.69) is 21.2 Å². The van der Waals surface area contributed by atoms with Gasteiger partial charge in [0.2, 0.25) is 0 Å². The van der Waals surface area contributed by atoms with Crippen molar-refractivity contribution >= 4 is 33.0 Å². The molecule has 2 aromatic carbocycles. The maximum Gasteiger partial charge on any atom is 0.184 e. The van der Waals surface area contributed by atoms with Gasteiger partial charge in [0.05, 0.1) is 11.4 Å². The molecule has 0 fully saturated rings. The number of hydrogen-bond acceptors (Lipinski definition) is 2. The highest BCUT2D eigenvalue weighted by atomic mass is 79.9. The zero-order chi connectivity index (χ0) is 13.3. The summed E-state index contributed by atoms with van der Waals surface area (Å²) < 4.78 is 27.6. The molecule has 0 radical (unpaired) electrons. The molecule has 0 bridgehead atoms. The predicted molar refractivity (Wildman–Crippen MR) is 72.9 cm³/mol. The molecule has 94 valence electrons. The van der Waals surface area contributed by atoms with Crippen LogP contribution in [-0.4, -0.2) is 0 Å². The fraction of sp³-hybridized carbons (Fsp3) is 0.0769. The van der Waals surface area contributed by atoms with E-state index >= 15 is 0 Å². The van der Waals surface area contributed by atoms with Crippen LogP contribution in [0.25, 0.3) is 0 Å². The molecule has 3 N–H and O–H groups in total. The first-order valence-electron chi connectivity index (χ1n) is 5.26. The minimum absolute atomic E-state index is 0.0544. The van der Waals surface area contributed by atoms with Crippen LogP contribution in [0.5, 0.6) is 0 Å². The number of benzene rings is 2. The van der Waals surface area contributed by atoms with Crippen molar-refractivity contribution in [3.05, 3.63) is 52.0 Å². The van der Waals surface area contributed by atoms with Crippen molar-refractivity contribution in [1.82, 2.24) is 0 Å². The van der Waals surface area contributed by atoms with E-state index in [0.29, 0.717) is 5.69 Å². The second-order valence-corrected chi connectivity index (χ2v) is 4.68. The lowest BCUT2D eigenvalue weighted by Crippen LogP contribution is -2.02. The molecule has 0 aliphatic heterocycles. The van der Waals surface area contributed by atoms with Gasteiger partial charge in [-0.05, 0) is 46.6 Å². The monoisotopic (exact) mass is 312 g/mol. The first-order valence-corrected chi connectivity index (χ1v) is 6.05. The zero-order valence-electron chi connectivity index (χ0n) is 9.60. The fourth-order valence-corrected chi connectivity index (χ4v) is 1.93. The molecule has 0 amide bonds. The Kier molecular flexibility index (Phi) is 3.52. The van der Waals surface area contributed by atoms with Gasteiger partial charge < -0.3 is 11.1 Å². The van der Waals surface area contributed by atoms with Gasteiger partial charge in [-0.1, -0.05) is 12.1 Å². The fourth-order valence-electron chi connectivity index (χ4n) is 1.57. The SMILES string of the molecule is Cc1cccc(Nc2c(N)ccc(F)c2F)c1Br. The van der Waals surface area contributed by atoms with E-state index in [1.54, 1.807) is 6.07 Å². The standard InChI is InChI=1S/C13H11BrF2N2/c1-7-3-2-4-10(11(7)14)18-13-9(17)6-5-8(15)12(13)16/h2-6,18H,17H2,1H3. The van der Waals surface area contributed by atoms with E-state index in [4.69, 9.17) is 5.73 Å². The third kappa shape index (κ3) is 2.31. The van der Waals surface area contributed by atoms with E-state index in [0.717, 1.165) is 16.1 Å². The summed E-state index contributed by atoms with van der Waals surface area (Å²) in [7, 11) is 0. The molecular weight excluding hydrogens is 302 g/mol. The number of nitrogens with one attached hydrogen (secondary N) is 1. The summed E-state index contributed by atoms with van der Waals surface area (Å²) in [5.74, 6) is -1.92. The Morgan fingerprint density at radius 2 is 1.89 bits per heavy atom. The lowest BCUT2D eigenvalue weighted by Gasteiger charge is -2.13. The van der Waals surface area contributed by atoms with E-state index in [9.17, 15) is 8.78 Å². The van der Waals surface area contributed by atoms with Crippen LogP contribution in [-0.2, 0) is 0 Å². The van der Waals surface area contributed by atoms with E-state index < -0.39 is 11.6 Å². The van der Waals surface area contributed by atoms with Crippen LogP contribution in [0.15, 0.2) is 34.8 Å².